The minimum atomic E-state index is -0.0782. The molecular weight excluding hydrogens is 300 g/mol. The van der Waals surface area contributed by atoms with Crippen LogP contribution in [0.5, 0.6) is 0 Å². The molecule has 2 rings (SSSR count). The Bertz CT molecular complexity index is 363. The summed E-state index contributed by atoms with van der Waals surface area (Å²) in [5.41, 5.74) is 2.88. The van der Waals surface area contributed by atoms with Crippen molar-refractivity contribution >= 4 is 27.3 Å². The van der Waals surface area contributed by atoms with Gasteiger partial charge in [-0.05, 0) is 40.9 Å². The minimum absolute atomic E-state index is 0.0782. The first-order valence-corrected chi connectivity index (χ1v) is 7.56. The van der Waals surface area contributed by atoms with E-state index in [0.717, 1.165) is 19.3 Å². The van der Waals surface area contributed by atoms with Crippen LogP contribution in [0, 0.1) is 0 Å². The van der Waals surface area contributed by atoms with Crippen LogP contribution in [0.2, 0.25) is 0 Å². The quantitative estimate of drug-likeness (QED) is 0.648. The summed E-state index contributed by atoms with van der Waals surface area (Å²) < 4.78 is 6.95. The van der Waals surface area contributed by atoms with E-state index in [1.54, 1.807) is 18.4 Å². The van der Waals surface area contributed by atoms with Crippen molar-refractivity contribution in [1.82, 2.24) is 5.43 Å². The molecule has 5 heteroatoms. The first-order chi connectivity index (χ1) is 8.20. The zero-order valence-corrected chi connectivity index (χ0v) is 12.4. The number of rotatable bonds is 5. The maximum absolute atomic E-state index is 5.78. The zero-order chi connectivity index (χ0) is 12.3. The van der Waals surface area contributed by atoms with Gasteiger partial charge in [0.25, 0.3) is 0 Å². The van der Waals surface area contributed by atoms with Crippen LogP contribution in [0.4, 0.5) is 0 Å². The third kappa shape index (κ3) is 2.90. The Balaban J connectivity index is 2.10. The van der Waals surface area contributed by atoms with E-state index >= 15 is 0 Å². The molecule has 3 nitrogen and oxygen atoms in total. The molecule has 0 bridgehead atoms. The second-order valence-corrected chi connectivity index (χ2v) is 7.15. The van der Waals surface area contributed by atoms with Gasteiger partial charge in [-0.1, -0.05) is 12.8 Å². The Hall–Kier alpha value is 0.0600. The first-order valence-electron chi connectivity index (χ1n) is 5.96. The molecule has 96 valence electrons. The minimum Gasteiger partial charge on any atom is -0.377 e. The lowest BCUT2D eigenvalue weighted by Crippen LogP contribution is -2.54. The van der Waals surface area contributed by atoms with Gasteiger partial charge < -0.3 is 4.74 Å². The predicted molar refractivity (Wildman–Crippen MR) is 75.0 cm³/mol. The van der Waals surface area contributed by atoms with Crippen molar-refractivity contribution in [3.63, 3.8) is 0 Å². The van der Waals surface area contributed by atoms with E-state index in [1.165, 1.54) is 21.5 Å². The van der Waals surface area contributed by atoms with Gasteiger partial charge in [-0.15, -0.1) is 11.3 Å². The van der Waals surface area contributed by atoms with Gasteiger partial charge in [0.05, 0.1) is 15.4 Å². The van der Waals surface area contributed by atoms with Crippen LogP contribution in [0.15, 0.2) is 15.9 Å². The molecule has 0 radical (unpaired) electrons. The molecule has 3 N–H and O–H groups in total. The summed E-state index contributed by atoms with van der Waals surface area (Å²) in [6, 6.07) is 4.43. The Morgan fingerprint density at radius 1 is 1.53 bits per heavy atom. The number of thiophene rings is 1. The number of hydrazine groups is 1. The molecule has 0 spiro atoms. The van der Waals surface area contributed by atoms with Crippen LogP contribution in [-0.2, 0) is 11.2 Å². The van der Waals surface area contributed by atoms with Crippen molar-refractivity contribution in [2.24, 2.45) is 5.84 Å². The van der Waals surface area contributed by atoms with Gasteiger partial charge in [0, 0.05) is 18.4 Å². The summed E-state index contributed by atoms with van der Waals surface area (Å²) >= 11 is 5.26. The van der Waals surface area contributed by atoms with Crippen molar-refractivity contribution < 1.29 is 4.74 Å². The molecule has 1 atom stereocenters. The number of methoxy groups -OCH3 is 1. The molecule has 1 aliphatic rings. The van der Waals surface area contributed by atoms with E-state index in [0.29, 0.717) is 0 Å². The summed E-state index contributed by atoms with van der Waals surface area (Å²) in [6.07, 6.45) is 5.61. The number of ether oxygens (including phenoxy) is 1. The topological polar surface area (TPSA) is 47.3 Å². The molecule has 1 unspecified atom stereocenters. The summed E-state index contributed by atoms with van der Waals surface area (Å²) in [6.45, 7) is 0. The molecule has 0 amide bonds. The Labute approximate surface area is 115 Å². The molecule has 1 aromatic heterocycles. The average Bonchev–Trinajstić information content (AvgIpc) is 2.95. The normalized spacial score (nSPS) is 20.6. The smallest absolute Gasteiger partial charge is 0.0847 e. The van der Waals surface area contributed by atoms with Crippen molar-refractivity contribution in [1.29, 1.82) is 0 Å². The Morgan fingerprint density at radius 2 is 2.24 bits per heavy atom. The molecule has 0 saturated heterocycles. The monoisotopic (exact) mass is 318 g/mol. The van der Waals surface area contributed by atoms with Gasteiger partial charge in [-0.2, -0.15) is 0 Å². The molecule has 1 saturated carbocycles. The number of nitrogens with two attached hydrogens (primary N) is 1. The lowest BCUT2D eigenvalue weighted by molar-refractivity contribution is -0.0353. The zero-order valence-electron chi connectivity index (χ0n) is 10.0. The lowest BCUT2D eigenvalue weighted by Gasteiger charge is -2.35. The van der Waals surface area contributed by atoms with Gasteiger partial charge >= 0.3 is 0 Å². The highest BCUT2D eigenvalue weighted by Crippen LogP contribution is 2.37. The summed E-state index contributed by atoms with van der Waals surface area (Å²) in [7, 11) is 1.81. The molecule has 1 aliphatic carbocycles. The largest absolute Gasteiger partial charge is 0.377 e. The molecule has 1 fully saturated rings. The van der Waals surface area contributed by atoms with Crippen LogP contribution in [-0.4, -0.2) is 18.8 Å². The third-order valence-electron chi connectivity index (χ3n) is 3.73. The first kappa shape index (κ1) is 13.5. The summed E-state index contributed by atoms with van der Waals surface area (Å²) in [4.78, 5) is 1.34. The summed E-state index contributed by atoms with van der Waals surface area (Å²) in [5, 5.41) is 0. The van der Waals surface area contributed by atoms with Crippen molar-refractivity contribution in [3.05, 3.63) is 20.8 Å². The lowest BCUT2D eigenvalue weighted by atomic mass is 9.89. The number of hydrogen-bond acceptors (Lipinski definition) is 4. The second-order valence-electron chi connectivity index (χ2n) is 4.61. The van der Waals surface area contributed by atoms with E-state index in [4.69, 9.17) is 10.6 Å². The standard InChI is InChI=1S/C12H19BrN2OS/c1-16-12(6-2-3-7-12)10(15-14)8-9-4-5-11(13)17-9/h4-5,10,15H,2-3,6-8,14H2,1H3. The predicted octanol–water partition coefficient (Wildman–Crippen LogP) is 2.84. The number of nitrogens with one attached hydrogen (secondary N) is 1. The third-order valence-corrected chi connectivity index (χ3v) is 5.37. The van der Waals surface area contributed by atoms with E-state index in [2.05, 4.69) is 33.5 Å². The maximum atomic E-state index is 5.78. The number of hydrogen-bond donors (Lipinski definition) is 2. The van der Waals surface area contributed by atoms with Crippen molar-refractivity contribution in [2.75, 3.05) is 7.11 Å². The van der Waals surface area contributed by atoms with Crippen LogP contribution in [0.3, 0.4) is 0 Å². The maximum Gasteiger partial charge on any atom is 0.0847 e. The second kappa shape index (κ2) is 5.80. The fourth-order valence-electron chi connectivity index (χ4n) is 2.73. The van der Waals surface area contributed by atoms with Gasteiger partial charge in [-0.3, -0.25) is 11.3 Å². The highest BCUT2D eigenvalue weighted by molar-refractivity contribution is 9.11. The highest BCUT2D eigenvalue weighted by atomic mass is 79.9. The van der Waals surface area contributed by atoms with Gasteiger partial charge in [0.1, 0.15) is 0 Å². The van der Waals surface area contributed by atoms with Gasteiger partial charge in [-0.25, -0.2) is 0 Å². The van der Waals surface area contributed by atoms with E-state index in [9.17, 15) is 0 Å². The van der Waals surface area contributed by atoms with Gasteiger partial charge in [0.2, 0.25) is 0 Å². The summed E-state index contributed by atoms with van der Waals surface area (Å²) in [5.74, 6) is 5.73. The molecule has 1 heterocycles. The Morgan fingerprint density at radius 3 is 2.71 bits per heavy atom. The van der Waals surface area contributed by atoms with Crippen LogP contribution >= 0.6 is 27.3 Å². The molecule has 17 heavy (non-hydrogen) atoms. The fraction of sp³-hybridized carbons (Fsp3) is 0.667. The van der Waals surface area contributed by atoms with Gasteiger partial charge in [0.15, 0.2) is 0 Å². The SMILES string of the molecule is COC1(C(Cc2ccc(Br)s2)NN)CCCC1. The van der Waals surface area contributed by atoms with E-state index in [-0.39, 0.29) is 11.6 Å². The highest BCUT2D eigenvalue weighted by Gasteiger charge is 2.41. The van der Waals surface area contributed by atoms with Crippen molar-refractivity contribution in [3.8, 4) is 0 Å². The Kier molecular flexibility index (Phi) is 4.60. The van der Waals surface area contributed by atoms with Crippen molar-refractivity contribution in [2.45, 2.75) is 43.7 Å². The molecule has 0 aliphatic heterocycles. The fourth-order valence-corrected chi connectivity index (χ4v) is 4.26. The number of halogens is 1. The average molecular weight is 319 g/mol. The van der Waals surface area contributed by atoms with Crippen LogP contribution in [0.25, 0.3) is 0 Å². The van der Waals surface area contributed by atoms with E-state index in [1.807, 2.05) is 0 Å². The molecular formula is C12H19BrN2OS. The molecule has 1 aromatic rings. The van der Waals surface area contributed by atoms with E-state index < -0.39 is 0 Å². The molecule has 0 aromatic carbocycles. The van der Waals surface area contributed by atoms with Crippen LogP contribution < -0.4 is 11.3 Å². The van der Waals surface area contributed by atoms with Crippen LogP contribution in [0.1, 0.15) is 30.6 Å².